The molecule has 5 nitrogen and oxygen atoms in total. The van der Waals surface area contributed by atoms with Crippen molar-refractivity contribution in [3.63, 3.8) is 0 Å². The molecule has 0 radical (unpaired) electrons. The lowest BCUT2D eigenvalue weighted by Crippen LogP contribution is -2.22. The van der Waals surface area contributed by atoms with E-state index in [1.54, 1.807) is 12.1 Å². The summed E-state index contributed by atoms with van der Waals surface area (Å²) in [5.74, 6) is 0.673. The van der Waals surface area contributed by atoms with Gasteiger partial charge in [-0.3, -0.25) is 0 Å². The highest BCUT2D eigenvalue weighted by molar-refractivity contribution is 7.89. The smallest absolute Gasteiger partial charge is 0.242 e. The molecule has 3 N–H and O–H groups in total. The number of anilines is 2. The summed E-state index contributed by atoms with van der Waals surface area (Å²) in [5, 5.41) is 0. The minimum atomic E-state index is -3.47. The molecular formula is C12H19N3O2S. The second-order valence-electron chi connectivity index (χ2n) is 4.77. The van der Waals surface area contributed by atoms with Crippen molar-refractivity contribution in [3.8, 4) is 0 Å². The molecule has 0 saturated carbocycles. The Morgan fingerprint density at radius 1 is 1.44 bits per heavy atom. The van der Waals surface area contributed by atoms with Crippen molar-refractivity contribution >= 4 is 21.4 Å². The summed E-state index contributed by atoms with van der Waals surface area (Å²) in [6.45, 7) is 4.21. The fourth-order valence-corrected chi connectivity index (χ4v) is 3.09. The van der Waals surface area contributed by atoms with Crippen LogP contribution in [0.15, 0.2) is 23.1 Å². The van der Waals surface area contributed by atoms with Crippen molar-refractivity contribution < 1.29 is 8.42 Å². The summed E-state index contributed by atoms with van der Waals surface area (Å²) in [4.78, 5) is 2.37. The molecular weight excluding hydrogens is 250 g/mol. The molecule has 1 aromatic rings. The molecule has 1 fully saturated rings. The first kappa shape index (κ1) is 13.2. The van der Waals surface area contributed by atoms with E-state index in [0.717, 1.165) is 25.2 Å². The van der Waals surface area contributed by atoms with Crippen LogP contribution in [-0.2, 0) is 10.0 Å². The zero-order valence-corrected chi connectivity index (χ0v) is 11.5. The Hall–Kier alpha value is -1.27. The molecule has 1 aliphatic rings. The van der Waals surface area contributed by atoms with Gasteiger partial charge in [-0.1, -0.05) is 6.92 Å². The van der Waals surface area contributed by atoms with E-state index in [4.69, 9.17) is 5.73 Å². The predicted molar refractivity (Wildman–Crippen MR) is 73.1 cm³/mol. The van der Waals surface area contributed by atoms with Gasteiger partial charge in [0.15, 0.2) is 0 Å². The van der Waals surface area contributed by atoms with E-state index in [1.807, 2.05) is 6.07 Å². The SMILES string of the molecule is CNS(=O)(=O)c1ccc(N2CCC(C)C2)cc1N. The Balaban J connectivity index is 2.31. The summed E-state index contributed by atoms with van der Waals surface area (Å²) in [6.07, 6.45) is 1.16. The van der Waals surface area contributed by atoms with Crippen LogP contribution in [0.4, 0.5) is 11.4 Å². The van der Waals surface area contributed by atoms with Gasteiger partial charge < -0.3 is 10.6 Å². The highest BCUT2D eigenvalue weighted by Crippen LogP contribution is 2.28. The summed E-state index contributed by atoms with van der Waals surface area (Å²) in [6, 6.07) is 5.13. The van der Waals surface area contributed by atoms with Crippen LogP contribution in [0.5, 0.6) is 0 Å². The Bertz CT molecular complexity index is 542. The third kappa shape index (κ3) is 2.44. The molecule has 1 heterocycles. The van der Waals surface area contributed by atoms with Crippen LogP contribution in [-0.4, -0.2) is 28.6 Å². The molecule has 0 amide bonds. The first-order chi connectivity index (χ1) is 8.44. The van der Waals surface area contributed by atoms with E-state index < -0.39 is 10.0 Å². The second-order valence-corrected chi connectivity index (χ2v) is 6.62. The molecule has 0 aliphatic carbocycles. The van der Waals surface area contributed by atoms with Gasteiger partial charge in [-0.2, -0.15) is 0 Å². The molecule has 0 bridgehead atoms. The average Bonchev–Trinajstić information content (AvgIpc) is 2.75. The fraction of sp³-hybridized carbons (Fsp3) is 0.500. The highest BCUT2D eigenvalue weighted by atomic mass is 32.2. The number of sulfonamides is 1. The normalized spacial score (nSPS) is 20.3. The number of nitrogens with two attached hydrogens (primary N) is 1. The number of hydrogen-bond donors (Lipinski definition) is 2. The summed E-state index contributed by atoms with van der Waals surface area (Å²) in [7, 11) is -2.09. The molecule has 100 valence electrons. The lowest BCUT2D eigenvalue weighted by molar-refractivity contribution is 0.588. The Kier molecular flexibility index (Phi) is 3.49. The van der Waals surface area contributed by atoms with Gasteiger partial charge in [0.25, 0.3) is 0 Å². The van der Waals surface area contributed by atoms with Gasteiger partial charge in [0.1, 0.15) is 4.90 Å². The molecule has 1 atom stereocenters. The maximum atomic E-state index is 11.7. The van der Waals surface area contributed by atoms with Crippen LogP contribution >= 0.6 is 0 Å². The second kappa shape index (κ2) is 4.78. The van der Waals surface area contributed by atoms with Gasteiger partial charge in [0.2, 0.25) is 10.0 Å². The fourth-order valence-electron chi connectivity index (χ4n) is 2.26. The van der Waals surface area contributed by atoms with Crippen LogP contribution in [0, 0.1) is 5.92 Å². The molecule has 18 heavy (non-hydrogen) atoms. The van der Waals surface area contributed by atoms with E-state index in [2.05, 4.69) is 16.5 Å². The number of rotatable bonds is 3. The summed E-state index contributed by atoms with van der Waals surface area (Å²) >= 11 is 0. The van der Waals surface area contributed by atoms with Crippen molar-refractivity contribution in [1.82, 2.24) is 4.72 Å². The molecule has 6 heteroatoms. The quantitative estimate of drug-likeness (QED) is 0.803. The van der Waals surface area contributed by atoms with Crippen molar-refractivity contribution in [2.45, 2.75) is 18.2 Å². The van der Waals surface area contributed by atoms with E-state index in [1.165, 1.54) is 7.05 Å². The summed E-state index contributed by atoms with van der Waals surface area (Å²) < 4.78 is 25.7. The van der Waals surface area contributed by atoms with Crippen LogP contribution < -0.4 is 15.4 Å². The average molecular weight is 269 g/mol. The Morgan fingerprint density at radius 2 is 2.17 bits per heavy atom. The van der Waals surface area contributed by atoms with E-state index in [0.29, 0.717) is 11.6 Å². The number of hydrogen-bond acceptors (Lipinski definition) is 4. The molecule has 2 rings (SSSR count). The number of nitrogens with zero attached hydrogens (tertiary/aromatic N) is 1. The van der Waals surface area contributed by atoms with Gasteiger partial charge >= 0.3 is 0 Å². The number of nitrogen functional groups attached to an aromatic ring is 1. The maximum absolute atomic E-state index is 11.7. The maximum Gasteiger partial charge on any atom is 0.242 e. The number of nitrogens with one attached hydrogen (secondary N) is 1. The van der Waals surface area contributed by atoms with Crippen LogP contribution in [0.3, 0.4) is 0 Å². The minimum absolute atomic E-state index is 0.140. The monoisotopic (exact) mass is 269 g/mol. The van der Waals surface area contributed by atoms with E-state index in [9.17, 15) is 8.42 Å². The number of benzene rings is 1. The van der Waals surface area contributed by atoms with Gasteiger partial charge in [0, 0.05) is 18.8 Å². The van der Waals surface area contributed by atoms with Crippen molar-refractivity contribution in [3.05, 3.63) is 18.2 Å². The lowest BCUT2D eigenvalue weighted by atomic mass is 10.2. The van der Waals surface area contributed by atoms with Crippen LogP contribution in [0.2, 0.25) is 0 Å². The predicted octanol–water partition coefficient (Wildman–Crippen LogP) is 1.02. The minimum Gasteiger partial charge on any atom is -0.398 e. The van der Waals surface area contributed by atoms with E-state index >= 15 is 0 Å². The first-order valence-electron chi connectivity index (χ1n) is 6.02. The summed E-state index contributed by atoms with van der Waals surface area (Å²) in [5.41, 5.74) is 7.12. The molecule has 0 aromatic heterocycles. The zero-order valence-electron chi connectivity index (χ0n) is 10.7. The topological polar surface area (TPSA) is 75.4 Å². The zero-order chi connectivity index (χ0) is 13.3. The van der Waals surface area contributed by atoms with Crippen LogP contribution in [0.25, 0.3) is 0 Å². The van der Waals surface area contributed by atoms with Crippen molar-refractivity contribution in [2.75, 3.05) is 30.8 Å². The van der Waals surface area contributed by atoms with Gasteiger partial charge in [-0.15, -0.1) is 0 Å². The molecule has 0 spiro atoms. The Labute approximate surface area is 108 Å². The van der Waals surface area contributed by atoms with Crippen molar-refractivity contribution in [2.24, 2.45) is 5.92 Å². The third-order valence-corrected chi connectivity index (χ3v) is 4.83. The highest BCUT2D eigenvalue weighted by Gasteiger charge is 2.21. The third-order valence-electron chi connectivity index (χ3n) is 3.34. The van der Waals surface area contributed by atoms with Crippen molar-refractivity contribution in [1.29, 1.82) is 0 Å². The largest absolute Gasteiger partial charge is 0.398 e. The molecule has 1 aromatic carbocycles. The van der Waals surface area contributed by atoms with E-state index in [-0.39, 0.29) is 4.90 Å². The van der Waals surface area contributed by atoms with Crippen LogP contribution in [0.1, 0.15) is 13.3 Å². The molecule has 1 aliphatic heterocycles. The Morgan fingerprint density at radius 3 is 2.67 bits per heavy atom. The van der Waals surface area contributed by atoms with Gasteiger partial charge in [0.05, 0.1) is 5.69 Å². The van der Waals surface area contributed by atoms with Gasteiger partial charge in [-0.05, 0) is 37.6 Å². The first-order valence-corrected chi connectivity index (χ1v) is 7.50. The van der Waals surface area contributed by atoms with Gasteiger partial charge in [-0.25, -0.2) is 13.1 Å². The standard InChI is InChI=1S/C12H19N3O2S/c1-9-5-6-15(8-9)10-3-4-12(11(13)7-10)18(16,17)14-2/h3-4,7,9,14H,5-6,8,13H2,1-2H3. The molecule has 1 unspecified atom stereocenters. The molecule has 1 saturated heterocycles. The lowest BCUT2D eigenvalue weighted by Gasteiger charge is -2.19.